The van der Waals surface area contributed by atoms with E-state index in [4.69, 9.17) is 28.9 Å². The Morgan fingerprint density at radius 3 is 2.33 bits per heavy atom. The first-order valence-corrected chi connectivity index (χ1v) is 6.59. The highest BCUT2D eigenvalue weighted by Gasteiger charge is 2.32. The smallest absolute Gasteiger partial charge is 0.405 e. The quantitative estimate of drug-likeness (QED) is 0.862. The summed E-state index contributed by atoms with van der Waals surface area (Å²) in [6.45, 7) is 0. The second-order valence-electron chi connectivity index (χ2n) is 4.23. The molecule has 2 nitrogen and oxygen atoms in total. The highest BCUT2D eigenvalue weighted by molar-refractivity contribution is 6.33. The fourth-order valence-corrected chi connectivity index (χ4v) is 2.29. The lowest BCUT2D eigenvalue weighted by Gasteiger charge is -2.19. The molecule has 0 spiro atoms. The predicted octanol–water partition coefficient (Wildman–Crippen LogP) is 4.94. The fourth-order valence-electron chi connectivity index (χ4n) is 1.88. The third-order valence-electron chi connectivity index (χ3n) is 2.77. The van der Waals surface area contributed by atoms with E-state index < -0.39 is 12.4 Å². The summed E-state index contributed by atoms with van der Waals surface area (Å²) in [6.07, 6.45) is -4.80. The lowest BCUT2D eigenvalue weighted by molar-refractivity contribution is -0.274. The van der Waals surface area contributed by atoms with E-state index in [2.05, 4.69) is 4.74 Å². The van der Waals surface area contributed by atoms with Gasteiger partial charge in [0.1, 0.15) is 5.75 Å². The number of halogens is 5. The van der Waals surface area contributed by atoms with Crippen LogP contribution >= 0.6 is 23.2 Å². The third-order valence-corrected chi connectivity index (χ3v) is 3.35. The molecule has 7 heteroatoms. The van der Waals surface area contributed by atoms with E-state index >= 15 is 0 Å². The van der Waals surface area contributed by atoms with Crippen LogP contribution in [0.3, 0.4) is 0 Å². The zero-order valence-corrected chi connectivity index (χ0v) is 12.0. The number of benzene rings is 2. The Bertz CT molecular complexity index is 646. The van der Waals surface area contributed by atoms with Crippen LogP contribution in [0.4, 0.5) is 13.2 Å². The van der Waals surface area contributed by atoms with Gasteiger partial charge in [-0.05, 0) is 29.8 Å². The van der Waals surface area contributed by atoms with Crippen molar-refractivity contribution in [2.75, 3.05) is 0 Å². The van der Waals surface area contributed by atoms with Crippen molar-refractivity contribution >= 4 is 23.2 Å². The number of ether oxygens (including phenoxy) is 1. The molecule has 0 heterocycles. The summed E-state index contributed by atoms with van der Waals surface area (Å²) >= 11 is 11.9. The monoisotopic (exact) mass is 335 g/mol. The highest BCUT2D eigenvalue weighted by atomic mass is 35.5. The molecule has 0 fully saturated rings. The highest BCUT2D eigenvalue weighted by Crippen LogP contribution is 2.35. The molecule has 0 radical (unpaired) electrons. The molecule has 0 aliphatic heterocycles. The van der Waals surface area contributed by atoms with Crippen LogP contribution in [-0.4, -0.2) is 6.36 Å². The van der Waals surface area contributed by atoms with Crippen molar-refractivity contribution in [3.05, 3.63) is 63.6 Å². The van der Waals surface area contributed by atoms with E-state index in [0.29, 0.717) is 15.6 Å². The van der Waals surface area contributed by atoms with Gasteiger partial charge in [0.05, 0.1) is 6.04 Å². The third kappa shape index (κ3) is 4.03. The van der Waals surface area contributed by atoms with Crippen LogP contribution in [0.2, 0.25) is 10.0 Å². The van der Waals surface area contributed by atoms with Crippen molar-refractivity contribution in [2.24, 2.45) is 5.73 Å². The first-order chi connectivity index (χ1) is 9.78. The number of hydrogen-bond acceptors (Lipinski definition) is 2. The van der Waals surface area contributed by atoms with Crippen LogP contribution in [0, 0.1) is 0 Å². The first-order valence-electron chi connectivity index (χ1n) is 5.83. The van der Waals surface area contributed by atoms with E-state index in [0.717, 1.165) is 0 Å². The van der Waals surface area contributed by atoms with Crippen LogP contribution < -0.4 is 10.5 Å². The molecule has 112 valence electrons. The number of hydrogen-bond donors (Lipinski definition) is 1. The van der Waals surface area contributed by atoms with Gasteiger partial charge < -0.3 is 10.5 Å². The molecule has 0 saturated carbocycles. The minimum Gasteiger partial charge on any atom is -0.405 e. The minimum atomic E-state index is -4.80. The van der Waals surface area contributed by atoms with E-state index in [9.17, 15) is 13.2 Å². The molecule has 0 bridgehead atoms. The average molecular weight is 336 g/mol. The molecule has 0 aliphatic carbocycles. The summed E-state index contributed by atoms with van der Waals surface area (Å²) in [4.78, 5) is 0. The van der Waals surface area contributed by atoms with Crippen molar-refractivity contribution in [1.82, 2.24) is 0 Å². The maximum Gasteiger partial charge on any atom is 0.573 e. The molecule has 0 aromatic heterocycles. The van der Waals surface area contributed by atoms with Gasteiger partial charge in [-0.15, -0.1) is 13.2 Å². The van der Waals surface area contributed by atoms with Crippen LogP contribution in [0.15, 0.2) is 42.5 Å². The van der Waals surface area contributed by atoms with E-state index in [-0.39, 0.29) is 11.3 Å². The number of para-hydroxylation sites is 1. The maximum atomic E-state index is 12.4. The average Bonchev–Trinajstić information content (AvgIpc) is 2.39. The molecule has 2 N–H and O–H groups in total. The molecule has 21 heavy (non-hydrogen) atoms. The fraction of sp³-hybridized carbons (Fsp3) is 0.143. The zero-order chi connectivity index (χ0) is 15.6. The lowest BCUT2D eigenvalue weighted by atomic mass is 9.99. The van der Waals surface area contributed by atoms with Crippen LogP contribution in [-0.2, 0) is 0 Å². The summed E-state index contributed by atoms with van der Waals surface area (Å²) in [5.74, 6) is -0.367. The largest absolute Gasteiger partial charge is 0.573 e. The van der Waals surface area contributed by atoms with Crippen molar-refractivity contribution < 1.29 is 17.9 Å². The normalized spacial score (nSPS) is 13.0. The van der Waals surface area contributed by atoms with Gasteiger partial charge in [-0.1, -0.05) is 41.4 Å². The summed E-state index contributed by atoms with van der Waals surface area (Å²) in [7, 11) is 0. The molecule has 0 saturated heterocycles. The Kier molecular flexibility index (Phi) is 4.66. The molecule has 2 aromatic rings. The SMILES string of the molecule is NC(c1cc(Cl)ccc1Cl)c1ccccc1OC(F)(F)F. The lowest BCUT2D eigenvalue weighted by Crippen LogP contribution is -2.20. The van der Waals surface area contributed by atoms with Crippen LogP contribution in [0.5, 0.6) is 5.75 Å². The molecule has 0 aliphatic rings. The second kappa shape index (κ2) is 6.13. The number of alkyl halides is 3. The zero-order valence-electron chi connectivity index (χ0n) is 10.5. The van der Waals surface area contributed by atoms with E-state index in [1.54, 1.807) is 12.1 Å². The van der Waals surface area contributed by atoms with Crippen molar-refractivity contribution in [3.8, 4) is 5.75 Å². The Labute approximate surface area is 129 Å². The Morgan fingerprint density at radius 2 is 1.67 bits per heavy atom. The molecule has 1 unspecified atom stereocenters. The minimum absolute atomic E-state index is 0.166. The van der Waals surface area contributed by atoms with Gasteiger partial charge in [0.2, 0.25) is 0 Å². The van der Waals surface area contributed by atoms with Gasteiger partial charge in [0.25, 0.3) is 0 Å². The molecule has 2 rings (SSSR count). The van der Waals surface area contributed by atoms with Gasteiger partial charge in [0.15, 0.2) is 0 Å². The molecule has 1 atom stereocenters. The maximum absolute atomic E-state index is 12.4. The van der Waals surface area contributed by atoms with Crippen LogP contribution in [0.25, 0.3) is 0 Å². The van der Waals surface area contributed by atoms with Crippen molar-refractivity contribution in [3.63, 3.8) is 0 Å². The van der Waals surface area contributed by atoms with Crippen LogP contribution in [0.1, 0.15) is 17.2 Å². The Balaban J connectivity index is 2.44. The summed E-state index contributed by atoms with van der Waals surface area (Å²) < 4.78 is 41.3. The van der Waals surface area contributed by atoms with Crippen molar-refractivity contribution in [1.29, 1.82) is 0 Å². The predicted molar refractivity (Wildman–Crippen MR) is 75.6 cm³/mol. The van der Waals surface area contributed by atoms with Gasteiger partial charge in [-0.2, -0.15) is 0 Å². The molecular formula is C14H10Cl2F3NO. The van der Waals surface area contributed by atoms with Gasteiger partial charge in [-0.25, -0.2) is 0 Å². The van der Waals surface area contributed by atoms with Gasteiger partial charge in [0, 0.05) is 15.6 Å². The van der Waals surface area contributed by atoms with Crippen molar-refractivity contribution in [2.45, 2.75) is 12.4 Å². The standard InChI is InChI=1S/C14H10Cl2F3NO/c15-8-5-6-11(16)10(7-8)13(20)9-3-1-2-4-12(9)21-14(17,18)19/h1-7,13H,20H2. The molecule has 0 amide bonds. The van der Waals surface area contributed by atoms with Gasteiger partial charge in [-0.3, -0.25) is 0 Å². The summed E-state index contributed by atoms with van der Waals surface area (Å²) in [6, 6.07) is 9.36. The summed E-state index contributed by atoms with van der Waals surface area (Å²) in [5.41, 5.74) is 6.60. The topological polar surface area (TPSA) is 35.2 Å². The van der Waals surface area contributed by atoms with E-state index in [1.165, 1.54) is 30.3 Å². The number of nitrogens with two attached hydrogens (primary N) is 1. The Hall–Kier alpha value is -1.43. The Morgan fingerprint density at radius 1 is 1.00 bits per heavy atom. The first kappa shape index (κ1) is 15.9. The summed E-state index contributed by atoms with van der Waals surface area (Å²) in [5, 5.41) is 0.702. The number of rotatable bonds is 3. The van der Waals surface area contributed by atoms with E-state index in [1.807, 2.05) is 0 Å². The second-order valence-corrected chi connectivity index (χ2v) is 5.07. The van der Waals surface area contributed by atoms with Gasteiger partial charge >= 0.3 is 6.36 Å². The molecular weight excluding hydrogens is 326 g/mol. The molecule has 2 aromatic carbocycles.